The Hall–Kier alpha value is -2.66. The predicted octanol–water partition coefficient (Wildman–Crippen LogP) is 4.76. The molecule has 1 heterocycles. The summed E-state index contributed by atoms with van der Waals surface area (Å²) in [6.07, 6.45) is 3.69. The third-order valence-electron chi connectivity index (χ3n) is 3.38. The Morgan fingerprint density at radius 2 is 1.79 bits per heavy atom. The van der Waals surface area contributed by atoms with Crippen LogP contribution < -0.4 is 15.2 Å². The number of hydrogen-bond donors (Lipinski definition) is 1. The van der Waals surface area contributed by atoms with E-state index in [0.717, 1.165) is 10.6 Å². The van der Waals surface area contributed by atoms with Gasteiger partial charge >= 0.3 is 0 Å². The predicted molar refractivity (Wildman–Crippen MR) is 97.7 cm³/mol. The van der Waals surface area contributed by atoms with Crippen molar-refractivity contribution in [2.75, 3.05) is 12.0 Å². The molecule has 0 radical (unpaired) electrons. The van der Waals surface area contributed by atoms with E-state index in [1.54, 1.807) is 30.1 Å². The third-order valence-corrected chi connectivity index (χ3v) is 4.04. The van der Waals surface area contributed by atoms with Crippen LogP contribution in [0.5, 0.6) is 17.2 Å². The molecule has 0 spiro atoms. The molecule has 0 bridgehead atoms. The Kier molecular flexibility index (Phi) is 5.23. The maximum absolute atomic E-state index is 5.99. The number of benzene rings is 2. The average Bonchev–Trinajstić information content (AvgIpc) is 2.63. The lowest BCUT2D eigenvalue weighted by atomic mass is 10.2. The van der Waals surface area contributed by atoms with Crippen LogP contribution in [-0.2, 0) is 6.61 Å². The molecule has 2 N–H and O–H groups in total. The Morgan fingerprint density at radius 1 is 1.00 bits per heavy atom. The first-order valence-electron chi connectivity index (χ1n) is 7.49. The lowest BCUT2D eigenvalue weighted by molar-refractivity contribution is 0.306. The fourth-order valence-corrected chi connectivity index (χ4v) is 2.48. The average molecular weight is 338 g/mol. The van der Waals surface area contributed by atoms with Crippen LogP contribution in [-0.4, -0.2) is 11.2 Å². The standard InChI is InChI=1S/C19H18N2O2S/c1-24-19-10-8-16(12-21-19)23-15-7-9-17(20)18(11-15)22-13-14-5-3-2-4-6-14/h2-12H,13,20H2,1H3. The minimum atomic E-state index is 0.457. The largest absolute Gasteiger partial charge is 0.487 e. The lowest BCUT2D eigenvalue weighted by Crippen LogP contribution is -1.99. The van der Waals surface area contributed by atoms with E-state index in [0.29, 0.717) is 29.5 Å². The number of nitrogens with two attached hydrogens (primary N) is 1. The molecule has 0 aliphatic heterocycles. The maximum atomic E-state index is 5.99. The van der Waals surface area contributed by atoms with Gasteiger partial charge in [0.15, 0.2) is 0 Å². The lowest BCUT2D eigenvalue weighted by Gasteiger charge is -2.12. The summed E-state index contributed by atoms with van der Waals surface area (Å²) in [7, 11) is 0. The zero-order valence-electron chi connectivity index (χ0n) is 13.3. The highest BCUT2D eigenvalue weighted by atomic mass is 32.2. The molecule has 0 aliphatic carbocycles. The van der Waals surface area contributed by atoms with E-state index >= 15 is 0 Å². The van der Waals surface area contributed by atoms with Crippen molar-refractivity contribution in [3.8, 4) is 17.2 Å². The zero-order valence-corrected chi connectivity index (χ0v) is 14.1. The highest BCUT2D eigenvalue weighted by Gasteiger charge is 2.06. The van der Waals surface area contributed by atoms with Gasteiger partial charge in [0.05, 0.1) is 16.9 Å². The van der Waals surface area contributed by atoms with Crippen LogP contribution >= 0.6 is 11.8 Å². The summed E-state index contributed by atoms with van der Waals surface area (Å²) in [5, 5.41) is 0.950. The number of thioether (sulfide) groups is 1. The van der Waals surface area contributed by atoms with Gasteiger partial charge in [-0.1, -0.05) is 30.3 Å². The normalized spacial score (nSPS) is 10.4. The van der Waals surface area contributed by atoms with Crippen molar-refractivity contribution >= 4 is 17.4 Å². The number of hydrogen-bond acceptors (Lipinski definition) is 5. The molecule has 2 aromatic carbocycles. The molecule has 4 nitrogen and oxygen atoms in total. The van der Waals surface area contributed by atoms with Gasteiger partial charge in [-0.2, -0.15) is 0 Å². The van der Waals surface area contributed by atoms with E-state index in [1.165, 1.54) is 0 Å². The Bertz CT molecular complexity index is 792. The molecule has 24 heavy (non-hydrogen) atoms. The first-order chi connectivity index (χ1) is 11.7. The number of ether oxygens (including phenoxy) is 2. The summed E-state index contributed by atoms with van der Waals surface area (Å²) >= 11 is 1.59. The summed E-state index contributed by atoms with van der Waals surface area (Å²) in [5.41, 5.74) is 7.65. The van der Waals surface area contributed by atoms with E-state index < -0.39 is 0 Å². The van der Waals surface area contributed by atoms with E-state index in [2.05, 4.69) is 4.98 Å². The number of aromatic nitrogens is 1. The number of pyridine rings is 1. The second-order valence-corrected chi connectivity index (χ2v) is 5.94. The van der Waals surface area contributed by atoms with Gasteiger partial charge in [0.2, 0.25) is 0 Å². The first-order valence-corrected chi connectivity index (χ1v) is 8.71. The number of anilines is 1. The Balaban J connectivity index is 1.70. The van der Waals surface area contributed by atoms with Crippen LogP contribution in [0.4, 0.5) is 5.69 Å². The quantitative estimate of drug-likeness (QED) is 0.519. The topological polar surface area (TPSA) is 57.4 Å². The zero-order chi connectivity index (χ0) is 16.8. The second kappa shape index (κ2) is 7.75. The monoisotopic (exact) mass is 338 g/mol. The van der Waals surface area contributed by atoms with Gasteiger partial charge < -0.3 is 15.2 Å². The molecule has 1 aromatic heterocycles. The molecule has 0 saturated heterocycles. The maximum Gasteiger partial charge on any atom is 0.146 e. The summed E-state index contributed by atoms with van der Waals surface area (Å²) in [5.74, 6) is 1.93. The molecule has 0 saturated carbocycles. The highest BCUT2D eigenvalue weighted by Crippen LogP contribution is 2.30. The summed E-state index contributed by atoms with van der Waals surface area (Å²) < 4.78 is 11.6. The Morgan fingerprint density at radius 3 is 2.50 bits per heavy atom. The molecule has 0 unspecified atom stereocenters. The number of nitrogens with zero attached hydrogens (tertiary/aromatic N) is 1. The molecule has 0 amide bonds. The summed E-state index contributed by atoms with van der Waals surface area (Å²) in [6, 6.07) is 19.1. The van der Waals surface area contributed by atoms with Gasteiger partial charge in [-0.25, -0.2) is 4.98 Å². The van der Waals surface area contributed by atoms with Gasteiger partial charge in [0.1, 0.15) is 23.9 Å². The van der Waals surface area contributed by atoms with Crippen molar-refractivity contribution in [1.82, 2.24) is 4.98 Å². The van der Waals surface area contributed by atoms with E-state index in [9.17, 15) is 0 Å². The van der Waals surface area contributed by atoms with Crippen LogP contribution in [0.3, 0.4) is 0 Å². The van der Waals surface area contributed by atoms with Crippen molar-refractivity contribution in [2.24, 2.45) is 0 Å². The molecule has 0 fully saturated rings. The fraction of sp³-hybridized carbons (Fsp3) is 0.105. The van der Waals surface area contributed by atoms with E-state index in [-0.39, 0.29) is 0 Å². The SMILES string of the molecule is CSc1ccc(Oc2ccc(N)c(OCc3ccccc3)c2)cn1. The van der Waals surface area contributed by atoms with E-state index in [4.69, 9.17) is 15.2 Å². The Labute approximate surface area is 145 Å². The van der Waals surface area contributed by atoms with Crippen molar-refractivity contribution in [3.63, 3.8) is 0 Å². The molecule has 5 heteroatoms. The van der Waals surface area contributed by atoms with Crippen LogP contribution in [0.15, 0.2) is 71.9 Å². The molecule has 3 rings (SSSR count). The molecule has 122 valence electrons. The van der Waals surface area contributed by atoms with Gasteiger partial charge in [0.25, 0.3) is 0 Å². The number of rotatable bonds is 6. The summed E-state index contributed by atoms with van der Waals surface area (Å²) in [6.45, 7) is 0.457. The minimum absolute atomic E-state index is 0.457. The molecule has 0 aliphatic rings. The molecule has 0 atom stereocenters. The van der Waals surface area contributed by atoms with Crippen molar-refractivity contribution in [2.45, 2.75) is 11.6 Å². The van der Waals surface area contributed by atoms with Gasteiger partial charge in [-0.15, -0.1) is 11.8 Å². The highest BCUT2D eigenvalue weighted by molar-refractivity contribution is 7.98. The molecular weight excluding hydrogens is 320 g/mol. The molecular formula is C19H18N2O2S. The van der Waals surface area contributed by atoms with Gasteiger partial charge in [-0.3, -0.25) is 0 Å². The summed E-state index contributed by atoms with van der Waals surface area (Å²) in [4.78, 5) is 4.29. The van der Waals surface area contributed by atoms with Gasteiger partial charge in [0, 0.05) is 6.07 Å². The van der Waals surface area contributed by atoms with Crippen molar-refractivity contribution < 1.29 is 9.47 Å². The third kappa shape index (κ3) is 4.20. The smallest absolute Gasteiger partial charge is 0.146 e. The van der Waals surface area contributed by atoms with Crippen LogP contribution in [0.1, 0.15) is 5.56 Å². The van der Waals surface area contributed by atoms with Crippen LogP contribution in [0, 0.1) is 0 Å². The van der Waals surface area contributed by atoms with Crippen LogP contribution in [0.2, 0.25) is 0 Å². The van der Waals surface area contributed by atoms with Crippen molar-refractivity contribution in [3.05, 3.63) is 72.4 Å². The van der Waals surface area contributed by atoms with Gasteiger partial charge in [-0.05, 0) is 36.1 Å². The second-order valence-electron chi connectivity index (χ2n) is 5.11. The van der Waals surface area contributed by atoms with E-state index in [1.807, 2.05) is 54.8 Å². The van der Waals surface area contributed by atoms with Crippen LogP contribution in [0.25, 0.3) is 0 Å². The number of nitrogen functional groups attached to an aromatic ring is 1. The minimum Gasteiger partial charge on any atom is -0.487 e. The van der Waals surface area contributed by atoms with Crippen molar-refractivity contribution in [1.29, 1.82) is 0 Å². The fourth-order valence-electron chi connectivity index (χ4n) is 2.12. The first kappa shape index (κ1) is 16.2. The molecule has 3 aromatic rings.